The summed E-state index contributed by atoms with van der Waals surface area (Å²) in [7, 11) is -1.50. The van der Waals surface area contributed by atoms with Gasteiger partial charge in [-0.1, -0.05) is 30.8 Å². The van der Waals surface area contributed by atoms with Gasteiger partial charge in [0.1, 0.15) is 0 Å². The number of rotatable bonds is 4. The van der Waals surface area contributed by atoms with E-state index in [9.17, 15) is 4.79 Å². The third-order valence-corrected chi connectivity index (χ3v) is 2.09. The summed E-state index contributed by atoms with van der Waals surface area (Å²) in [5.74, 6) is -0.0421. The largest absolute Gasteiger partial charge is 0.488 e. The summed E-state index contributed by atoms with van der Waals surface area (Å²) >= 11 is 0. The van der Waals surface area contributed by atoms with Gasteiger partial charge >= 0.3 is 7.12 Å². The summed E-state index contributed by atoms with van der Waals surface area (Å²) in [4.78, 5) is 11.4. The average Bonchev–Trinajstić information content (AvgIpc) is 2.18. The summed E-state index contributed by atoms with van der Waals surface area (Å²) in [6.07, 6.45) is 0.246. The Bertz CT molecular complexity index is 385. The molecule has 0 aliphatic carbocycles. The van der Waals surface area contributed by atoms with Crippen molar-refractivity contribution in [2.24, 2.45) is 0 Å². The van der Waals surface area contributed by atoms with Crippen LogP contribution in [0.5, 0.6) is 0 Å². The SMILES string of the molecule is C=C(C)C(=O)Cc1cccc(B(O)O)c1. The molecule has 1 aromatic rings. The maximum atomic E-state index is 11.4. The lowest BCUT2D eigenvalue weighted by Gasteiger charge is -2.03. The number of hydrogen-bond acceptors (Lipinski definition) is 3. The molecule has 0 amide bonds. The molecule has 4 heteroatoms. The quantitative estimate of drug-likeness (QED) is 0.538. The van der Waals surface area contributed by atoms with E-state index in [1.807, 2.05) is 0 Å². The van der Waals surface area contributed by atoms with Gasteiger partial charge < -0.3 is 10.0 Å². The van der Waals surface area contributed by atoms with Crippen LogP contribution < -0.4 is 5.46 Å². The smallest absolute Gasteiger partial charge is 0.423 e. The van der Waals surface area contributed by atoms with Crippen molar-refractivity contribution in [1.29, 1.82) is 0 Å². The van der Waals surface area contributed by atoms with Crippen LogP contribution in [0.25, 0.3) is 0 Å². The molecular weight excluding hydrogens is 191 g/mol. The second-order valence-corrected chi connectivity index (χ2v) is 3.50. The van der Waals surface area contributed by atoms with Crippen molar-refractivity contribution in [3.05, 3.63) is 42.0 Å². The molecule has 0 saturated carbocycles. The second-order valence-electron chi connectivity index (χ2n) is 3.50. The fourth-order valence-corrected chi connectivity index (χ4v) is 1.20. The van der Waals surface area contributed by atoms with Gasteiger partial charge in [-0.25, -0.2) is 0 Å². The Balaban J connectivity index is 2.82. The average molecular weight is 204 g/mol. The predicted molar refractivity (Wildman–Crippen MR) is 59.8 cm³/mol. The molecule has 0 atom stereocenters. The van der Waals surface area contributed by atoms with Crippen LogP contribution in [0, 0.1) is 0 Å². The summed E-state index contributed by atoms with van der Waals surface area (Å²) in [6, 6.07) is 6.66. The molecule has 0 aliphatic heterocycles. The lowest BCUT2D eigenvalue weighted by molar-refractivity contribution is -0.114. The zero-order valence-corrected chi connectivity index (χ0v) is 8.60. The first kappa shape index (κ1) is 11.7. The first-order chi connectivity index (χ1) is 7.00. The van der Waals surface area contributed by atoms with E-state index in [4.69, 9.17) is 10.0 Å². The molecule has 0 fully saturated rings. The van der Waals surface area contributed by atoms with Crippen LogP contribution in [-0.2, 0) is 11.2 Å². The third kappa shape index (κ3) is 3.34. The van der Waals surface area contributed by atoms with Crippen molar-refractivity contribution in [1.82, 2.24) is 0 Å². The molecule has 1 rings (SSSR count). The van der Waals surface area contributed by atoms with Crippen molar-refractivity contribution in [3.8, 4) is 0 Å². The molecule has 0 radical (unpaired) electrons. The fraction of sp³-hybridized carbons (Fsp3) is 0.182. The van der Waals surface area contributed by atoms with Crippen molar-refractivity contribution in [2.45, 2.75) is 13.3 Å². The highest BCUT2D eigenvalue weighted by Crippen LogP contribution is 2.03. The summed E-state index contributed by atoms with van der Waals surface area (Å²) in [5.41, 5.74) is 1.65. The highest BCUT2D eigenvalue weighted by atomic mass is 16.4. The molecule has 2 N–H and O–H groups in total. The molecular formula is C11H13BO3. The van der Waals surface area contributed by atoms with Gasteiger partial charge in [0.05, 0.1) is 0 Å². The lowest BCUT2D eigenvalue weighted by Crippen LogP contribution is -2.30. The molecule has 0 unspecified atom stereocenters. The Kier molecular flexibility index (Phi) is 3.83. The van der Waals surface area contributed by atoms with Crippen LogP contribution in [0.3, 0.4) is 0 Å². The molecule has 15 heavy (non-hydrogen) atoms. The third-order valence-electron chi connectivity index (χ3n) is 2.09. The molecule has 0 aromatic heterocycles. The number of carbonyl (C=O) groups excluding carboxylic acids is 1. The van der Waals surface area contributed by atoms with Gasteiger partial charge in [-0.05, 0) is 23.5 Å². The Labute approximate surface area is 89.2 Å². The van der Waals surface area contributed by atoms with E-state index in [2.05, 4.69) is 6.58 Å². The minimum atomic E-state index is -1.50. The second kappa shape index (κ2) is 4.91. The zero-order chi connectivity index (χ0) is 11.4. The van der Waals surface area contributed by atoms with Gasteiger partial charge in [0, 0.05) is 6.42 Å². The number of hydrogen-bond donors (Lipinski definition) is 2. The standard InChI is InChI=1S/C11H13BO3/c1-8(2)11(13)7-9-4-3-5-10(6-9)12(14)15/h3-6,14-15H,1,7H2,2H3. The molecule has 3 nitrogen and oxygen atoms in total. The maximum Gasteiger partial charge on any atom is 0.488 e. The van der Waals surface area contributed by atoms with E-state index in [0.717, 1.165) is 5.56 Å². The lowest BCUT2D eigenvalue weighted by atomic mass is 9.79. The summed E-state index contributed by atoms with van der Waals surface area (Å²) in [6.45, 7) is 5.22. The van der Waals surface area contributed by atoms with Gasteiger partial charge in [0.15, 0.2) is 5.78 Å². The van der Waals surface area contributed by atoms with E-state index in [0.29, 0.717) is 11.0 Å². The van der Waals surface area contributed by atoms with Gasteiger partial charge in [-0.3, -0.25) is 4.79 Å². The fourth-order valence-electron chi connectivity index (χ4n) is 1.20. The van der Waals surface area contributed by atoms with Crippen molar-refractivity contribution < 1.29 is 14.8 Å². The number of benzene rings is 1. The van der Waals surface area contributed by atoms with Crippen LogP contribution in [0.4, 0.5) is 0 Å². The first-order valence-electron chi connectivity index (χ1n) is 4.64. The minimum Gasteiger partial charge on any atom is -0.423 e. The van der Waals surface area contributed by atoms with Gasteiger partial charge in [-0.2, -0.15) is 0 Å². The number of allylic oxidation sites excluding steroid dienone is 1. The molecule has 0 aliphatic rings. The Morgan fingerprint density at radius 1 is 1.47 bits per heavy atom. The first-order valence-corrected chi connectivity index (χ1v) is 4.64. The Morgan fingerprint density at radius 2 is 2.13 bits per heavy atom. The normalized spacial score (nSPS) is 9.80. The van der Waals surface area contributed by atoms with E-state index in [-0.39, 0.29) is 12.2 Å². The molecule has 0 bridgehead atoms. The van der Waals surface area contributed by atoms with Crippen LogP contribution in [0.2, 0.25) is 0 Å². The van der Waals surface area contributed by atoms with Crippen molar-refractivity contribution >= 4 is 18.4 Å². The van der Waals surface area contributed by atoms with Gasteiger partial charge in [-0.15, -0.1) is 0 Å². The van der Waals surface area contributed by atoms with Crippen LogP contribution in [0.1, 0.15) is 12.5 Å². The van der Waals surface area contributed by atoms with Gasteiger partial charge in [0.25, 0.3) is 0 Å². The van der Waals surface area contributed by atoms with Crippen molar-refractivity contribution in [2.75, 3.05) is 0 Å². The summed E-state index contributed by atoms with van der Waals surface area (Å²) < 4.78 is 0. The van der Waals surface area contributed by atoms with E-state index >= 15 is 0 Å². The maximum absolute atomic E-state index is 11.4. The van der Waals surface area contributed by atoms with E-state index < -0.39 is 7.12 Å². The van der Waals surface area contributed by atoms with Crippen molar-refractivity contribution in [3.63, 3.8) is 0 Å². The molecule has 0 saturated heterocycles. The minimum absolute atomic E-state index is 0.0421. The molecule has 1 aromatic carbocycles. The Hall–Kier alpha value is -1.39. The van der Waals surface area contributed by atoms with Gasteiger partial charge in [0.2, 0.25) is 0 Å². The number of Topliss-reactive ketones (excluding diaryl/α,β-unsaturated/α-hetero) is 1. The predicted octanol–water partition coefficient (Wildman–Crippen LogP) is 0.0541. The Morgan fingerprint density at radius 3 is 2.67 bits per heavy atom. The molecule has 0 spiro atoms. The van der Waals surface area contributed by atoms with Crippen LogP contribution >= 0.6 is 0 Å². The highest BCUT2D eigenvalue weighted by Gasteiger charge is 2.11. The molecule has 78 valence electrons. The highest BCUT2D eigenvalue weighted by molar-refractivity contribution is 6.58. The summed E-state index contributed by atoms with van der Waals surface area (Å²) in [5, 5.41) is 17.9. The monoisotopic (exact) mass is 204 g/mol. The number of carbonyl (C=O) groups is 1. The zero-order valence-electron chi connectivity index (χ0n) is 8.60. The topological polar surface area (TPSA) is 57.5 Å². The molecule has 0 heterocycles. The van der Waals surface area contributed by atoms with E-state index in [1.165, 1.54) is 0 Å². The van der Waals surface area contributed by atoms with E-state index in [1.54, 1.807) is 31.2 Å². The van der Waals surface area contributed by atoms with Crippen LogP contribution in [-0.4, -0.2) is 22.9 Å². The van der Waals surface area contributed by atoms with Crippen LogP contribution in [0.15, 0.2) is 36.4 Å². The number of ketones is 1.